The van der Waals surface area contributed by atoms with E-state index in [2.05, 4.69) is 35.0 Å². The smallest absolute Gasteiger partial charge is 0.137 e. The maximum absolute atomic E-state index is 5.94. The van der Waals surface area contributed by atoms with E-state index in [-0.39, 0.29) is 0 Å². The Bertz CT molecular complexity index is 335. The maximum Gasteiger partial charge on any atom is 0.137 e. The zero-order valence-electron chi connectivity index (χ0n) is 9.13. The first-order valence-corrected chi connectivity index (χ1v) is 6.54. The summed E-state index contributed by atoms with van der Waals surface area (Å²) in [5, 5.41) is 0. The Morgan fingerprint density at radius 1 is 1.40 bits per heavy atom. The predicted molar refractivity (Wildman–Crippen MR) is 66.4 cm³/mol. The van der Waals surface area contributed by atoms with E-state index in [1.807, 2.05) is 6.07 Å². The normalized spacial score (nSPS) is 18.7. The van der Waals surface area contributed by atoms with E-state index < -0.39 is 0 Å². The number of halogens is 1. The molecule has 1 heterocycles. The molecule has 0 fully saturated rings. The van der Waals surface area contributed by atoms with E-state index in [0.717, 1.165) is 16.6 Å². The molecule has 1 aromatic rings. The lowest BCUT2D eigenvalue weighted by Gasteiger charge is -2.10. The third kappa shape index (κ3) is 2.54. The molecule has 0 bridgehead atoms. The van der Waals surface area contributed by atoms with Gasteiger partial charge in [-0.1, -0.05) is 31.9 Å². The van der Waals surface area contributed by atoms with Crippen LogP contribution in [0.3, 0.4) is 0 Å². The minimum Gasteiger partial charge on any atom is -0.489 e. The molecule has 15 heavy (non-hydrogen) atoms. The number of hydrogen-bond acceptors (Lipinski definition) is 1. The average molecular weight is 269 g/mol. The quantitative estimate of drug-likeness (QED) is 0.739. The molecule has 2 rings (SSSR count). The van der Waals surface area contributed by atoms with Crippen molar-refractivity contribution in [3.8, 4) is 5.75 Å². The topological polar surface area (TPSA) is 9.23 Å². The fraction of sp³-hybridized carbons (Fsp3) is 0.538. The number of benzene rings is 1. The van der Waals surface area contributed by atoms with Gasteiger partial charge in [0, 0.05) is 6.42 Å². The minimum absolute atomic E-state index is 0.408. The van der Waals surface area contributed by atoms with Crippen LogP contribution in [-0.4, -0.2) is 6.10 Å². The first kappa shape index (κ1) is 11.0. The Balaban J connectivity index is 1.94. The van der Waals surface area contributed by atoms with Crippen LogP contribution in [0.4, 0.5) is 0 Å². The molecule has 0 aromatic heterocycles. The molecule has 1 unspecified atom stereocenters. The van der Waals surface area contributed by atoms with Crippen molar-refractivity contribution in [3.05, 3.63) is 28.2 Å². The fourth-order valence-corrected chi connectivity index (χ4v) is 2.58. The van der Waals surface area contributed by atoms with Gasteiger partial charge in [-0.25, -0.2) is 0 Å². The monoisotopic (exact) mass is 268 g/mol. The van der Waals surface area contributed by atoms with E-state index in [0.29, 0.717) is 6.10 Å². The molecule has 82 valence electrons. The van der Waals surface area contributed by atoms with Gasteiger partial charge in [0.1, 0.15) is 11.9 Å². The van der Waals surface area contributed by atoms with Crippen LogP contribution in [0.25, 0.3) is 0 Å². The molecule has 0 aliphatic carbocycles. The molecule has 0 amide bonds. The summed E-state index contributed by atoms with van der Waals surface area (Å²) < 4.78 is 7.03. The Kier molecular flexibility index (Phi) is 3.68. The second-order valence-corrected chi connectivity index (χ2v) is 5.02. The van der Waals surface area contributed by atoms with Gasteiger partial charge in [0.25, 0.3) is 0 Å². The molecule has 0 radical (unpaired) electrons. The van der Waals surface area contributed by atoms with Crippen molar-refractivity contribution in [2.75, 3.05) is 0 Å². The molecule has 1 atom stereocenters. The molecule has 0 N–H and O–H groups in total. The van der Waals surface area contributed by atoms with Gasteiger partial charge in [-0.05, 0) is 40.4 Å². The Morgan fingerprint density at radius 3 is 3.00 bits per heavy atom. The standard InChI is InChI=1S/C13H17BrO/c1-2-3-4-7-11-9-10-6-5-8-12(14)13(10)15-11/h5-6,8,11H,2-4,7,9H2,1H3. The molecular weight excluding hydrogens is 252 g/mol. The third-order valence-electron chi connectivity index (χ3n) is 2.91. The van der Waals surface area contributed by atoms with Crippen LogP contribution in [0.15, 0.2) is 22.7 Å². The van der Waals surface area contributed by atoms with E-state index in [4.69, 9.17) is 4.74 Å². The van der Waals surface area contributed by atoms with Crippen molar-refractivity contribution in [3.63, 3.8) is 0 Å². The minimum atomic E-state index is 0.408. The molecule has 1 aliphatic heterocycles. The van der Waals surface area contributed by atoms with Crippen molar-refractivity contribution in [1.29, 1.82) is 0 Å². The van der Waals surface area contributed by atoms with Gasteiger partial charge in [-0.3, -0.25) is 0 Å². The zero-order chi connectivity index (χ0) is 10.7. The van der Waals surface area contributed by atoms with E-state index in [1.54, 1.807) is 0 Å². The van der Waals surface area contributed by atoms with Crippen molar-refractivity contribution in [2.45, 2.75) is 45.1 Å². The number of fused-ring (bicyclic) bond motifs is 1. The van der Waals surface area contributed by atoms with Crippen molar-refractivity contribution in [2.24, 2.45) is 0 Å². The van der Waals surface area contributed by atoms with Crippen LogP contribution in [0.1, 0.15) is 38.2 Å². The number of rotatable bonds is 4. The summed E-state index contributed by atoms with van der Waals surface area (Å²) in [6.07, 6.45) is 6.56. The van der Waals surface area contributed by atoms with Crippen LogP contribution in [-0.2, 0) is 6.42 Å². The van der Waals surface area contributed by atoms with Gasteiger partial charge in [-0.2, -0.15) is 0 Å². The third-order valence-corrected chi connectivity index (χ3v) is 3.53. The lowest BCUT2D eigenvalue weighted by Crippen LogP contribution is -2.12. The van der Waals surface area contributed by atoms with Crippen LogP contribution >= 0.6 is 15.9 Å². The van der Waals surface area contributed by atoms with Gasteiger partial charge in [0.15, 0.2) is 0 Å². The summed E-state index contributed by atoms with van der Waals surface area (Å²) in [7, 11) is 0. The largest absolute Gasteiger partial charge is 0.489 e. The van der Waals surface area contributed by atoms with Gasteiger partial charge < -0.3 is 4.74 Å². The molecular formula is C13H17BrO. The molecule has 1 aromatic carbocycles. The predicted octanol–water partition coefficient (Wildman–Crippen LogP) is 4.33. The van der Waals surface area contributed by atoms with Gasteiger partial charge >= 0.3 is 0 Å². The first-order valence-electron chi connectivity index (χ1n) is 5.75. The molecule has 0 saturated carbocycles. The lowest BCUT2D eigenvalue weighted by atomic mass is 10.1. The highest BCUT2D eigenvalue weighted by Crippen LogP contribution is 2.36. The van der Waals surface area contributed by atoms with E-state index >= 15 is 0 Å². The van der Waals surface area contributed by atoms with Crippen LogP contribution in [0.5, 0.6) is 5.75 Å². The maximum atomic E-state index is 5.94. The Morgan fingerprint density at radius 2 is 2.27 bits per heavy atom. The average Bonchev–Trinajstić information content (AvgIpc) is 2.63. The summed E-state index contributed by atoms with van der Waals surface area (Å²) in [6, 6.07) is 6.30. The SMILES string of the molecule is CCCCCC1Cc2cccc(Br)c2O1. The van der Waals surface area contributed by atoms with Crippen LogP contribution in [0, 0.1) is 0 Å². The van der Waals surface area contributed by atoms with Crippen molar-refractivity contribution in [1.82, 2.24) is 0 Å². The summed E-state index contributed by atoms with van der Waals surface area (Å²) in [5.74, 6) is 1.07. The molecule has 2 heteroatoms. The first-order chi connectivity index (χ1) is 7.31. The summed E-state index contributed by atoms with van der Waals surface area (Å²) in [6.45, 7) is 2.24. The summed E-state index contributed by atoms with van der Waals surface area (Å²) in [5.41, 5.74) is 1.35. The van der Waals surface area contributed by atoms with Gasteiger partial charge in [0.05, 0.1) is 4.47 Å². The van der Waals surface area contributed by atoms with Crippen molar-refractivity contribution >= 4 is 15.9 Å². The van der Waals surface area contributed by atoms with E-state index in [9.17, 15) is 0 Å². The van der Waals surface area contributed by atoms with Crippen LogP contribution in [0.2, 0.25) is 0 Å². The highest BCUT2D eigenvalue weighted by molar-refractivity contribution is 9.10. The lowest BCUT2D eigenvalue weighted by molar-refractivity contribution is 0.215. The number of hydrogen-bond donors (Lipinski definition) is 0. The Hall–Kier alpha value is -0.500. The second kappa shape index (κ2) is 5.02. The molecule has 0 saturated heterocycles. The fourth-order valence-electron chi connectivity index (χ4n) is 2.08. The molecule has 1 aliphatic rings. The Labute approximate surface area is 100.0 Å². The molecule has 0 spiro atoms. The number of para-hydroxylation sites is 1. The highest BCUT2D eigenvalue weighted by Gasteiger charge is 2.23. The van der Waals surface area contributed by atoms with Crippen molar-refractivity contribution < 1.29 is 4.74 Å². The van der Waals surface area contributed by atoms with Gasteiger partial charge in [-0.15, -0.1) is 0 Å². The van der Waals surface area contributed by atoms with E-state index in [1.165, 1.54) is 31.2 Å². The molecule has 1 nitrogen and oxygen atoms in total. The second-order valence-electron chi connectivity index (χ2n) is 4.17. The summed E-state index contributed by atoms with van der Waals surface area (Å²) >= 11 is 3.53. The zero-order valence-corrected chi connectivity index (χ0v) is 10.7. The van der Waals surface area contributed by atoms with Gasteiger partial charge in [0.2, 0.25) is 0 Å². The summed E-state index contributed by atoms with van der Waals surface area (Å²) in [4.78, 5) is 0. The number of unbranched alkanes of at least 4 members (excludes halogenated alkanes) is 2. The number of ether oxygens (including phenoxy) is 1. The van der Waals surface area contributed by atoms with Crippen LogP contribution < -0.4 is 4.74 Å². The highest BCUT2D eigenvalue weighted by atomic mass is 79.9.